The third-order valence-electron chi connectivity index (χ3n) is 1.50. The summed E-state index contributed by atoms with van der Waals surface area (Å²) in [7, 11) is 0. The van der Waals surface area contributed by atoms with Gasteiger partial charge in [0, 0.05) is 6.20 Å². The minimum absolute atomic E-state index is 0.302. The predicted octanol–water partition coefficient (Wildman–Crippen LogP) is 1.35. The van der Waals surface area contributed by atoms with Gasteiger partial charge in [-0.1, -0.05) is 6.07 Å². The predicted molar refractivity (Wildman–Crippen MR) is 49.1 cm³/mol. The standard InChI is InChI=1S/C8H8BrNO3/c9-7-2-1-5(4-10-7)6(11)3-8(12)13/h1-2,4,6,11H,3H2,(H,12,13)/t6-/m1/s1. The van der Waals surface area contributed by atoms with Crippen LogP contribution in [0.15, 0.2) is 22.9 Å². The van der Waals surface area contributed by atoms with E-state index < -0.39 is 12.1 Å². The van der Waals surface area contributed by atoms with Crippen LogP contribution in [0.25, 0.3) is 0 Å². The molecule has 0 saturated carbocycles. The van der Waals surface area contributed by atoms with Gasteiger partial charge in [-0.15, -0.1) is 0 Å². The molecule has 0 aromatic carbocycles. The van der Waals surface area contributed by atoms with Gasteiger partial charge in [0.15, 0.2) is 0 Å². The number of pyridine rings is 1. The topological polar surface area (TPSA) is 70.4 Å². The molecule has 0 amide bonds. The van der Waals surface area contributed by atoms with Crippen LogP contribution in [-0.2, 0) is 4.79 Å². The van der Waals surface area contributed by atoms with Crippen molar-refractivity contribution >= 4 is 21.9 Å². The second-order valence-electron chi connectivity index (χ2n) is 2.53. The van der Waals surface area contributed by atoms with Gasteiger partial charge in [-0.3, -0.25) is 4.79 Å². The number of hydrogen-bond donors (Lipinski definition) is 2. The fourth-order valence-corrected chi connectivity index (χ4v) is 1.10. The van der Waals surface area contributed by atoms with Crippen molar-refractivity contribution in [3.63, 3.8) is 0 Å². The highest BCUT2D eigenvalue weighted by atomic mass is 79.9. The molecule has 0 bridgehead atoms. The van der Waals surface area contributed by atoms with E-state index in [2.05, 4.69) is 20.9 Å². The van der Waals surface area contributed by atoms with E-state index in [-0.39, 0.29) is 6.42 Å². The van der Waals surface area contributed by atoms with E-state index >= 15 is 0 Å². The molecule has 13 heavy (non-hydrogen) atoms. The zero-order chi connectivity index (χ0) is 9.84. The van der Waals surface area contributed by atoms with Crippen molar-refractivity contribution in [2.24, 2.45) is 0 Å². The number of carbonyl (C=O) groups is 1. The lowest BCUT2D eigenvalue weighted by Crippen LogP contribution is -2.05. The van der Waals surface area contributed by atoms with E-state index in [4.69, 9.17) is 5.11 Å². The first kappa shape index (κ1) is 10.1. The molecule has 0 unspecified atom stereocenters. The maximum atomic E-state index is 10.3. The largest absolute Gasteiger partial charge is 0.481 e. The highest BCUT2D eigenvalue weighted by Crippen LogP contribution is 2.16. The minimum Gasteiger partial charge on any atom is -0.481 e. The highest BCUT2D eigenvalue weighted by molar-refractivity contribution is 9.10. The molecule has 1 aromatic rings. The van der Waals surface area contributed by atoms with Crippen LogP contribution in [0.3, 0.4) is 0 Å². The summed E-state index contributed by atoms with van der Waals surface area (Å²) in [6.07, 6.45) is 0.152. The number of aliphatic carboxylic acids is 1. The summed E-state index contributed by atoms with van der Waals surface area (Å²) in [5, 5.41) is 17.8. The van der Waals surface area contributed by atoms with Gasteiger partial charge in [-0.05, 0) is 27.6 Å². The van der Waals surface area contributed by atoms with E-state index in [9.17, 15) is 9.90 Å². The Hall–Kier alpha value is -0.940. The van der Waals surface area contributed by atoms with Crippen LogP contribution in [0.5, 0.6) is 0 Å². The first-order valence-corrected chi connectivity index (χ1v) is 4.40. The second kappa shape index (κ2) is 4.34. The highest BCUT2D eigenvalue weighted by Gasteiger charge is 2.11. The van der Waals surface area contributed by atoms with Crippen LogP contribution in [-0.4, -0.2) is 21.2 Å². The molecular formula is C8H8BrNO3. The fraction of sp³-hybridized carbons (Fsp3) is 0.250. The maximum Gasteiger partial charge on any atom is 0.306 e. The summed E-state index contributed by atoms with van der Waals surface area (Å²) in [6.45, 7) is 0. The van der Waals surface area contributed by atoms with Gasteiger partial charge >= 0.3 is 5.97 Å². The van der Waals surface area contributed by atoms with Gasteiger partial charge < -0.3 is 10.2 Å². The summed E-state index contributed by atoms with van der Waals surface area (Å²) in [5.74, 6) is -1.03. The molecule has 1 aromatic heterocycles. The lowest BCUT2D eigenvalue weighted by atomic mass is 10.1. The van der Waals surface area contributed by atoms with Gasteiger partial charge in [-0.2, -0.15) is 0 Å². The number of halogens is 1. The van der Waals surface area contributed by atoms with Crippen LogP contribution in [0.4, 0.5) is 0 Å². The van der Waals surface area contributed by atoms with E-state index in [1.54, 1.807) is 12.1 Å². The molecule has 0 aliphatic carbocycles. The smallest absolute Gasteiger partial charge is 0.306 e. The third-order valence-corrected chi connectivity index (χ3v) is 1.97. The fourth-order valence-electron chi connectivity index (χ4n) is 0.868. The lowest BCUT2D eigenvalue weighted by molar-refractivity contribution is -0.139. The zero-order valence-corrected chi connectivity index (χ0v) is 8.23. The lowest BCUT2D eigenvalue weighted by Gasteiger charge is -2.06. The molecule has 1 heterocycles. The number of hydrogen-bond acceptors (Lipinski definition) is 3. The molecule has 1 atom stereocenters. The maximum absolute atomic E-state index is 10.3. The SMILES string of the molecule is O=C(O)C[C@@H](O)c1ccc(Br)nc1. The average Bonchev–Trinajstić information content (AvgIpc) is 2.04. The number of aliphatic hydroxyl groups is 1. The van der Waals surface area contributed by atoms with Crippen LogP contribution >= 0.6 is 15.9 Å². The summed E-state index contributed by atoms with van der Waals surface area (Å²) in [6, 6.07) is 3.28. The molecule has 0 saturated heterocycles. The molecule has 1 rings (SSSR count). The number of nitrogens with zero attached hydrogens (tertiary/aromatic N) is 1. The molecular weight excluding hydrogens is 238 g/mol. The van der Waals surface area contributed by atoms with Gasteiger partial charge in [0.05, 0.1) is 12.5 Å². The molecule has 0 radical (unpaired) electrons. The molecule has 70 valence electrons. The van der Waals surface area contributed by atoms with Crippen molar-refractivity contribution in [1.82, 2.24) is 4.98 Å². The number of carboxylic acid groups (broad SMARTS) is 1. The van der Waals surface area contributed by atoms with Crippen LogP contribution in [0, 0.1) is 0 Å². The van der Waals surface area contributed by atoms with Gasteiger partial charge in [-0.25, -0.2) is 4.98 Å². The molecule has 4 nitrogen and oxygen atoms in total. The van der Waals surface area contributed by atoms with Gasteiger partial charge in [0.1, 0.15) is 4.60 Å². The monoisotopic (exact) mass is 245 g/mol. The van der Waals surface area contributed by atoms with Crippen molar-refractivity contribution in [2.75, 3.05) is 0 Å². The molecule has 5 heteroatoms. The molecule has 0 fully saturated rings. The quantitative estimate of drug-likeness (QED) is 0.790. The summed E-state index contributed by atoms with van der Waals surface area (Å²) in [5.41, 5.74) is 0.505. The number of aliphatic hydroxyl groups excluding tert-OH is 1. The Labute approximate surface area is 83.4 Å². The summed E-state index contributed by atoms with van der Waals surface area (Å²) < 4.78 is 0.652. The molecule has 2 N–H and O–H groups in total. The second-order valence-corrected chi connectivity index (χ2v) is 3.34. The molecule has 0 aliphatic heterocycles. The van der Waals surface area contributed by atoms with Crippen LogP contribution in [0.1, 0.15) is 18.1 Å². The van der Waals surface area contributed by atoms with E-state index in [0.717, 1.165) is 0 Å². The first-order valence-electron chi connectivity index (χ1n) is 3.61. The number of rotatable bonds is 3. The minimum atomic E-state index is -1.03. The Morgan fingerprint density at radius 1 is 1.62 bits per heavy atom. The Bertz CT molecular complexity index is 299. The van der Waals surface area contributed by atoms with Gasteiger partial charge in [0.2, 0.25) is 0 Å². The van der Waals surface area contributed by atoms with E-state index in [1.807, 2.05) is 0 Å². The summed E-state index contributed by atoms with van der Waals surface area (Å²) >= 11 is 3.14. The normalized spacial score (nSPS) is 12.5. The van der Waals surface area contributed by atoms with Crippen LogP contribution in [0.2, 0.25) is 0 Å². The number of aromatic nitrogens is 1. The van der Waals surface area contributed by atoms with Crippen LogP contribution < -0.4 is 0 Å². The Morgan fingerprint density at radius 2 is 2.31 bits per heavy atom. The van der Waals surface area contributed by atoms with Crippen molar-refractivity contribution in [1.29, 1.82) is 0 Å². The van der Waals surface area contributed by atoms with Crippen molar-refractivity contribution in [2.45, 2.75) is 12.5 Å². The Kier molecular flexibility index (Phi) is 3.39. The van der Waals surface area contributed by atoms with E-state index in [1.165, 1.54) is 6.20 Å². The first-order chi connectivity index (χ1) is 6.09. The van der Waals surface area contributed by atoms with Crippen molar-refractivity contribution < 1.29 is 15.0 Å². The molecule has 0 spiro atoms. The average molecular weight is 246 g/mol. The van der Waals surface area contributed by atoms with E-state index in [0.29, 0.717) is 10.2 Å². The Morgan fingerprint density at radius 3 is 2.77 bits per heavy atom. The third kappa shape index (κ3) is 3.12. The van der Waals surface area contributed by atoms with Gasteiger partial charge in [0.25, 0.3) is 0 Å². The van der Waals surface area contributed by atoms with Crippen molar-refractivity contribution in [3.05, 3.63) is 28.5 Å². The van der Waals surface area contributed by atoms with Crippen molar-refractivity contribution in [3.8, 4) is 0 Å². The molecule has 0 aliphatic rings. The Balaban J connectivity index is 2.71. The summed E-state index contributed by atoms with van der Waals surface area (Å²) in [4.78, 5) is 14.1. The zero-order valence-electron chi connectivity index (χ0n) is 6.64. The number of carboxylic acids is 1.